The van der Waals surface area contributed by atoms with Crippen LogP contribution in [0.1, 0.15) is 23.6 Å². The molecule has 2 aromatic carbocycles. The van der Waals surface area contributed by atoms with Crippen LogP contribution in [0.2, 0.25) is 0 Å². The number of hydrazone groups is 1. The molecule has 0 amide bonds. The molecule has 3 heteroatoms. The second kappa shape index (κ2) is 5.37. The Labute approximate surface area is 119 Å². The Morgan fingerprint density at radius 1 is 1.05 bits per heavy atom. The number of methoxy groups -OCH3 is 1. The summed E-state index contributed by atoms with van der Waals surface area (Å²) in [4.78, 5) is 0. The third-order valence-corrected chi connectivity index (χ3v) is 3.72. The maximum atomic E-state index is 5.19. The average molecular weight is 266 g/mol. The van der Waals surface area contributed by atoms with Crippen molar-refractivity contribution in [2.24, 2.45) is 5.10 Å². The van der Waals surface area contributed by atoms with E-state index in [4.69, 9.17) is 4.74 Å². The van der Waals surface area contributed by atoms with E-state index in [1.807, 2.05) is 25.2 Å². The fourth-order valence-electron chi connectivity index (χ4n) is 2.58. The van der Waals surface area contributed by atoms with E-state index in [2.05, 4.69) is 46.5 Å². The van der Waals surface area contributed by atoms with E-state index in [1.165, 1.54) is 5.56 Å². The Morgan fingerprint density at radius 2 is 1.75 bits per heavy atom. The lowest BCUT2D eigenvalue weighted by molar-refractivity contribution is 0.290. The largest absolute Gasteiger partial charge is 0.497 e. The molecule has 0 spiro atoms. The quantitative estimate of drug-likeness (QED) is 0.849. The molecular formula is C17H18N2O. The minimum absolute atomic E-state index is 0.327. The maximum Gasteiger partial charge on any atom is 0.118 e. The summed E-state index contributed by atoms with van der Waals surface area (Å²) in [5.74, 6) is 0.875. The van der Waals surface area contributed by atoms with Crippen molar-refractivity contribution in [2.45, 2.75) is 12.5 Å². The van der Waals surface area contributed by atoms with Gasteiger partial charge in [-0.05, 0) is 35.4 Å². The topological polar surface area (TPSA) is 24.8 Å². The minimum Gasteiger partial charge on any atom is -0.497 e. The molecule has 0 aromatic heterocycles. The van der Waals surface area contributed by atoms with Gasteiger partial charge in [-0.1, -0.05) is 30.3 Å². The lowest BCUT2D eigenvalue weighted by atomic mass is 9.99. The predicted octanol–water partition coefficient (Wildman–Crippen LogP) is 3.48. The first-order chi connectivity index (χ1) is 9.78. The van der Waals surface area contributed by atoms with Crippen LogP contribution < -0.4 is 4.74 Å². The van der Waals surface area contributed by atoms with Crippen LogP contribution in [-0.2, 0) is 0 Å². The second-order valence-corrected chi connectivity index (χ2v) is 4.98. The summed E-state index contributed by atoms with van der Waals surface area (Å²) in [5.41, 5.74) is 3.60. The Hall–Kier alpha value is -2.29. The van der Waals surface area contributed by atoms with Crippen LogP contribution in [0.15, 0.2) is 59.7 Å². The molecule has 1 aliphatic rings. The fourth-order valence-corrected chi connectivity index (χ4v) is 2.58. The minimum atomic E-state index is 0.327. The zero-order chi connectivity index (χ0) is 13.9. The highest BCUT2D eigenvalue weighted by Crippen LogP contribution is 2.31. The van der Waals surface area contributed by atoms with Gasteiger partial charge < -0.3 is 4.74 Å². The smallest absolute Gasteiger partial charge is 0.118 e. The molecule has 0 aliphatic carbocycles. The van der Waals surface area contributed by atoms with Crippen LogP contribution in [-0.4, -0.2) is 24.9 Å². The van der Waals surface area contributed by atoms with Gasteiger partial charge in [-0.3, -0.25) is 5.01 Å². The van der Waals surface area contributed by atoms with Gasteiger partial charge >= 0.3 is 0 Å². The number of nitrogens with zero attached hydrogens (tertiary/aromatic N) is 2. The van der Waals surface area contributed by atoms with Crippen LogP contribution in [0.25, 0.3) is 0 Å². The van der Waals surface area contributed by atoms with Crippen molar-refractivity contribution in [1.82, 2.24) is 5.01 Å². The van der Waals surface area contributed by atoms with E-state index in [0.717, 1.165) is 23.4 Å². The molecule has 2 aromatic rings. The molecule has 0 saturated heterocycles. The third-order valence-electron chi connectivity index (χ3n) is 3.72. The molecule has 1 atom stereocenters. The number of rotatable bonds is 3. The van der Waals surface area contributed by atoms with E-state index >= 15 is 0 Å². The first-order valence-electron chi connectivity index (χ1n) is 6.77. The number of hydrogen-bond acceptors (Lipinski definition) is 3. The van der Waals surface area contributed by atoms with Gasteiger partial charge in [-0.25, -0.2) is 0 Å². The summed E-state index contributed by atoms with van der Waals surface area (Å²) in [6, 6.07) is 18.9. The summed E-state index contributed by atoms with van der Waals surface area (Å²) >= 11 is 0. The van der Waals surface area contributed by atoms with E-state index < -0.39 is 0 Å². The average Bonchev–Trinajstić information content (AvgIpc) is 2.90. The van der Waals surface area contributed by atoms with Crippen molar-refractivity contribution < 1.29 is 4.74 Å². The standard InChI is InChI=1S/C17H18N2O/c1-19-17(14-6-4-3-5-7-14)12-16(18-19)13-8-10-15(20-2)11-9-13/h3-11,17H,12H2,1-2H3. The summed E-state index contributed by atoms with van der Waals surface area (Å²) in [7, 11) is 3.72. The molecule has 0 radical (unpaired) electrons. The molecule has 1 heterocycles. The van der Waals surface area contributed by atoms with Crippen LogP contribution >= 0.6 is 0 Å². The van der Waals surface area contributed by atoms with Gasteiger partial charge in [0, 0.05) is 13.5 Å². The summed E-state index contributed by atoms with van der Waals surface area (Å²) < 4.78 is 5.19. The molecule has 0 N–H and O–H groups in total. The van der Waals surface area contributed by atoms with Gasteiger partial charge in [-0.15, -0.1) is 0 Å². The highest BCUT2D eigenvalue weighted by Gasteiger charge is 2.25. The zero-order valence-electron chi connectivity index (χ0n) is 11.8. The molecule has 1 aliphatic heterocycles. The van der Waals surface area contributed by atoms with E-state index in [0.29, 0.717) is 6.04 Å². The summed E-state index contributed by atoms with van der Waals surface area (Å²) in [5, 5.41) is 6.73. The molecule has 0 saturated carbocycles. The van der Waals surface area contributed by atoms with Crippen molar-refractivity contribution >= 4 is 5.71 Å². The number of hydrogen-bond donors (Lipinski definition) is 0. The molecule has 0 bridgehead atoms. The molecular weight excluding hydrogens is 248 g/mol. The lowest BCUT2D eigenvalue weighted by Crippen LogP contribution is -2.13. The van der Waals surface area contributed by atoms with Crippen molar-refractivity contribution in [3.8, 4) is 5.75 Å². The van der Waals surface area contributed by atoms with E-state index in [9.17, 15) is 0 Å². The first kappa shape index (κ1) is 12.7. The highest BCUT2D eigenvalue weighted by atomic mass is 16.5. The molecule has 20 heavy (non-hydrogen) atoms. The summed E-state index contributed by atoms with van der Waals surface area (Å²) in [6.07, 6.45) is 0.937. The third kappa shape index (κ3) is 2.39. The SMILES string of the molecule is COc1ccc(C2=NN(C)C(c3ccccc3)C2)cc1. The zero-order valence-corrected chi connectivity index (χ0v) is 11.8. The normalized spacial score (nSPS) is 18.0. The van der Waals surface area contributed by atoms with Gasteiger partial charge in [0.1, 0.15) is 5.75 Å². The molecule has 0 fully saturated rings. The maximum absolute atomic E-state index is 5.19. The fraction of sp³-hybridized carbons (Fsp3) is 0.235. The van der Waals surface area contributed by atoms with Gasteiger partial charge in [0.05, 0.1) is 18.9 Å². The lowest BCUT2D eigenvalue weighted by Gasteiger charge is -2.18. The molecule has 3 nitrogen and oxygen atoms in total. The Kier molecular flexibility index (Phi) is 3.42. The Bertz CT molecular complexity index is 605. The monoisotopic (exact) mass is 266 g/mol. The molecule has 3 rings (SSSR count). The van der Waals surface area contributed by atoms with Crippen molar-refractivity contribution in [3.63, 3.8) is 0 Å². The van der Waals surface area contributed by atoms with Crippen LogP contribution in [0.3, 0.4) is 0 Å². The number of benzene rings is 2. The Morgan fingerprint density at radius 3 is 2.40 bits per heavy atom. The first-order valence-corrected chi connectivity index (χ1v) is 6.77. The molecule has 1 unspecified atom stereocenters. The van der Waals surface area contributed by atoms with Gasteiger partial charge in [0.15, 0.2) is 0 Å². The second-order valence-electron chi connectivity index (χ2n) is 4.98. The van der Waals surface area contributed by atoms with Crippen LogP contribution in [0, 0.1) is 0 Å². The van der Waals surface area contributed by atoms with E-state index in [1.54, 1.807) is 7.11 Å². The van der Waals surface area contributed by atoms with Crippen molar-refractivity contribution in [1.29, 1.82) is 0 Å². The van der Waals surface area contributed by atoms with E-state index in [-0.39, 0.29) is 0 Å². The predicted molar refractivity (Wildman–Crippen MR) is 81.1 cm³/mol. The highest BCUT2D eigenvalue weighted by molar-refractivity contribution is 6.01. The van der Waals surface area contributed by atoms with Crippen molar-refractivity contribution in [2.75, 3.05) is 14.2 Å². The summed E-state index contributed by atoms with van der Waals surface area (Å²) in [6.45, 7) is 0. The van der Waals surface area contributed by atoms with Crippen molar-refractivity contribution in [3.05, 3.63) is 65.7 Å². The number of ether oxygens (including phenoxy) is 1. The Balaban J connectivity index is 1.81. The van der Waals surface area contributed by atoms with Gasteiger partial charge in [0.25, 0.3) is 0 Å². The molecule has 102 valence electrons. The van der Waals surface area contributed by atoms with Crippen LogP contribution in [0.4, 0.5) is 0 Å². The van der Waals surface area contributed by atoms with Crippen LogP contribution in [0.5, 0.6) is 5.75 Å². The van der Waals surface area contributed by atoms with Gasteiger partial charge in [0.2, 0.25) is 0 Å². The van der Waals surface area contributed by atoms with Gasteiger partial charge in [-0.2, -0.15) is 5.10 Å².